The fourth-order valence-corrected chi connectivity index (χ4v) is 8.37. The molecule has 6 heteroatoms. The van der Waals surface area contributed by atoms with Gasteiger partial charge < -0.3 is 9.80 Å². The number of aliphatic imine (C=N–C) groups is 1. The van der Waals surface area contributed by atoms with E-state index in [9.17, 15) is 0 Å². The van der Waals surface area contributed by atoms with Gasteiger partial charge in [0.05, 0.1) is 5.69 Å². The molecule has 0 bridgehead atoms. The summed E-state index contributed by atoms with van der Waals surface area (Å²) in [6.45, 7) is 6.77. The van der Waals surface area contributed by atoms with Gasteiger partial charge in [-0.15, -0.1) is 0 Å². The number of benzene rings is 4. The molecule has 0 amide bonds. The third-order valence-electron chi connectivity index (χ3n) is 9.09. The summed E-state index contributed by atoms with van der Waals surface area (Å²) in [5, 5.41) is 0. The number of hydrogen-bond acceptors (Lipinski definition) is 6. The lowest BCUT2D eigenvalue weighted by atomic mass is 10.1. The summed E-state index contributed by atoms with van der Waals surface area (Å²) >= 11 is 0. The van der Waals surface area contributed by atoms with Crippen LogP contribution in [0.25, 0.3) is 18.2 Å². The Morgan fingerprint density at radius 1 is 0.518 bits per heavy atom. The smallest absolute Gasteiger partial charge is 0.0629 e. The number of unbranched alkanes of at least 4 members (excludes halogenated alkanes) is 2. The predicted octanol–water partition coefficient (Wildman–Crippen LogP) is 13.1. The first-order valence-corrected chi connectivity index (χ1v) is 22.4. The van der Waals surface area contributed by atoms with Crippen LogP contribution >= 0.6 is 21.6 Å². The molecule has 0 radical (unpaired) electrons. The van der Waals surface area contributed by atoms with E-state index in [1.165, 1.54) is 70.8 Å². The summed E-state index contributed by atoms with van der Waals surface area (Å²) in [5.41, 5.74) is 8.58. The lowest BCUT2D eigenvalue weighted by Crippen LogP contribution is -2.24. The zero-order valence-electron chi connectivity index (χ0n) is 32.8. The van der Waals surface area contributed by atoms with Crippen molar-refractivity contribution < 1.29 is 0 Å². The van der Waals surface area contributed by atoms with Gasteiger partial charge in [0.1, 0.15) is 0 Å². The molecule has 288 valence electrons. The van der Waals surface area contributed by atoms with E-state index >= 15 is 0 Å². The van der Waals surface area contributed by atoms with Gasteiger partial charge in [-0.2, -0.15) is 0 Å². The molecule has 5 rings (SSSR count). The van der Waals surface area contributed by atoms with Gasteiger partial charge >= 0.3 is 0 Å². The molecule has 0 saturated heterocycles. The van der Waals surface area contributed by atoms with Crippen molar-refractivity contribution in [2.45, 2.75) is 45.7 Å². The molecule has 4 nitrogen and oxygen atoms in total. The zero-order valence-corrected chi connectivity index (χ0v) is 34.4. The molecule has 0 saturated carbocycles. The van der Waals surface area contributed by atoms with E-state index in [4.69, 9.17) is 0 Å². The van der Waals surface area contributed by atoms with E-state index in [-0.39, 0.29) is 0 Å². The van der Waals surface area contributed by atoms with Crippen LogP contribution in [0.3, 0.4) is 0 Å². The molecule has 0 N–H and O–H groups in total. The third kappa shape index (κ3) is 16.4. The highest BCUT2D eigenvalue weighted by atomic mass is 33.1. The van der Waals surface area contributed by atoms with Crippen molar-refractivity contribution >= 4 is 57.4 Å². The molecule has 56 heavy (non-hydrogen) atoms. The van der Waals surface area contributed by atoms with Crippen LogP contribution < -0.4 is 9.80 Å². The highest BCUT2D eigenvalue weighted by Gasteiger charge is 2.09. The van der Waals surface area contributed by atoms with Crippen LogP contribution in [-0.2, 0) is 13.1 Å². The molecule has 1 heterocycles. The predicted molar refractivity (Wildman–Crippen MR) is 251 cm³/mol. The molecule has 5 aromatic rings. The van der Waals surface area contributed by atoms with E-state index in [0.717, 1.165) is 38.4 Å². The second-order valence-corrected chi connectivity index (χ2v) is 16.1. The van der Waals surface area contributed by atoms with Gasteiger partial charge in [-0.25, -0.2) is 0 Å². The second-order valence-electron chi connectivity index (χ2n) is 13.4. The topological polar surface area (TPSA) is 31.7 Å². The molecule has 0 unspecified atom stereocenters. The Balaban J connectivity index is 1.03. The van der Waals surface area contributed by atoms with E-state index in [1.807, 2.05) is 77.4 Å². The molecular formula is C50H56N4S2. The van der Waals surface area contributed by atoms with Gasteiger partial charge in [-0.3, -0.25) is 9.98 Å². The normalized spacial score (nSPS) is 11.9. The number of pyridine rings is 1. The van der Waals surface area contributed by atoms with Crippen molar-refractivity contribution in [3.63, 3.8) is 0 Å². The van der Waals surface area contributed by atoms with Gasteiger partial charge in [0.25, 0.3) is 0 Å². The third-order valence-corrected chi connectivity index (χ3v) is 11.7. The average molecular weight is 777 g/mol. The monoisotopic (exact) mass is 776 g/mol. The van der Waals surface area contributed by atoms with Crippen molar-refractivity contribution in [1.82, 2.24) is 4.98 Å². The van der Waals surface area contributed by atoms with Crippen LogP contribution in [0.5, 0.6) is 0 Å². The quantitative estimate of drug-likeness (QED) is 0.0270. The molecular weight excluding hydrogens is 721 g/mol. The van der Waals surface area contributed by atoms with Gasteiger partial charge in [0, 0.05) is 68.0 Å². The Labute approximate surface area is 344 Å². The Morgan fingerprint density at radius 2 is 1.04 bits per heavy atom. The minimum absolute atomic E-state index is 0.813. The fourth-order valence-electron chi connectivity index (χ4n) is 6.08. The molecule has 0 aliphatic rings. The highest BCUT2D eigenvalue weighted by molar-refractivity contribution is 8.76. The minimum Gasteiger partial charge on any atom is -0.367 e. The van der Waals surface area contributed by atoms with E-state index < -0.39 is 0 Å². The molecule has 4 aromatic carbocycles. The second kappa shape index (κ2) is 25.9. The molecule has 0 aliphatic carbocycles. The largest absolute Gasteiger partial charge is 0.367 e. The van der Waals surface area contributed by atoms with Crippen molar-refractivity contribution in [1.29, 1.82) is 0 Å². The van der Waals surface area contributed by atoms with Crippen LogP contribution in [-0.4, -0.2) is 42.3 Å². The van der Waals surface area contributed by atoms with Crippen LogP contribution in [0.2, 0.25) is 0 Å². The first-order chi connectivity index (χ1) is 27.8. The van der Waals surface area contributed by atoms with Crippen LogP contribution in [0.1, 0.15) is 60.6 Å². The number of rotatable bonds is 24. The summed E-state index contributed by atoms with van der Waals surface area (Å²) < 4.78 is 0. The van der Waals surface area contributed by atoms with Gasteiger partial charge in [-0.1, -0.05) is 149 Å². The van der Waals surface area contributed by atoms with Crippen molar-refractivity contribution in [2.24, 2.45) is 4.99 Å². The Hall–Kier alpha value is -5.04. The highest BCUT2D eigenvalue weighted by Crippen LogP contribution is 2.26. The summed E-state index contributed by atoms with van der Waals surface area (Å²) in [7, 11) is 4.07. The van der Waals surface area contributed by atoms with Gasteiger partial charge in [0.15, 0.2) is 0 Å². The van der Waals surface area contributed by atoms with Gasteiger partial charge in [-0.05, 0) is 103 Å². The first kappa shape index (κ1) is 42.1. The van der Waals surface area contributed by atoms with E-state index in [1.54, 1.807) is 0 Å². The van der Waals surface area contributed by atoms with Crippen LogP contribution in [0.4, 0.5) is 11.4 Å². The van der Waals surface area contributed by atoms with E-state index in [2.05, 4.69) is 159 Å². The number of hydrogen-bond donors (Lipinski definition) is 0. The Kier molecular flexibility index (Phi) is 19.5. The Bertz CT molecular complexity index is 1920. The summed E-state index contributed by atoms with van der Waals surface area (Å²) in [6.07, 6.45) is 24.9. The maximum atomic E-state index is 4.40. The fraction of sp³-hybridized carbons (Fsp3) is 0.240. The zero-order chi connectivity index (χ0) is 38.7. The number of allylic oxidation sites excluding steroid dienone is 5. The molecule has 0 atom stereocenters. The van der Waals surface area contributed by atoms with Gasteiger partial charge in [0.2, 0.25) is 0 Å². The SMILES string of the molecule is CCN=C\C=C/C=C/C=C/c1ccc(N(CCCCSSCCCCN(Cc2ccccc2)c2ccc(/C=C/c3ccccn3)cc2)Cc2ccccc2)cc1. The summed E-state index contributed by atoms with van der Waals surface area (Å²) in [6, 6.07) is 45.5. The average Bonchev–Trinajstić information content (AvgIpc) is 3.25. The Morgan fingerprint density at radius 3 is 1.57 bits per heavy atom. The molecule has 0 aliphatic heterocycles. The first-order valence-electron chi connectivity index (χ1n) is 19.9. The van der Waals surface area contributed by atoms with E-state index in [0.29, 0.717) is 0 Å². The molecule has 1 aromatic heterocycles. The van der Waals surface area contributed by atoms with Crippen molar-refractivity contribution in [2.75, 3.05) is 40.9 Å². The number of nitrogens with zero attached hydrogens (tertiary/aromatic N) is 4. The van der Waals surface area contributed by atoms with Crippen molar-refractivity contribution in [3.8, 4) is 0 Å². The maximum Gasteiger partial charge on any atom is 0.0629 e. The standard InChI is InChI=1S/C50H56N4S2/c1-2-51-36-14-5-3-4-8-20-44-27-32-49(33-28-44)53(42-46-21-9-6-10-22-46)38-16-18-40-55-56-41-19-17-39-54(43-47-23-11-7-12-24-47)50-34-29-45(30-35-50)26-31-48-25-13-15-37-52-48/h3-15,20-37H,2,16-19,38-43H2,1H3/b4-3+,14-5-,20-8+,31-26+,51-36?. The number of aromatic nitrogens is 1. The molecule has 0 spiro atoms. The maximum absolute atomic E-state index is 4.40. The summed E-state index contributed by atoms with van der Waals surface area (Å²) in [4.78, 5) is 13.6. The summed E-state index contributed by atoms with van der Waals surface area (Å²) in [5.74, 6) is 2.37. The lowest BCUT2D eigenvalue weighted by Gasteiger charge is -2.25. The van der Waals surface area contributed by atoms with Crippen LogP contribution in [0.15, 0.2) is 169 Å². The lowest BCUT2D eigenvalue weighted by molar-refractivity contribution is 0.719. The van der Waals surface area contributed by atoms with Crippen molar-refractivity contribution in [3.05, 3.63) is 192 Å². The number of anilines is 2. The van der Waals surface area contributed by atoms with Crippen LogP contribution in [0, 0.1) is 0 Å². The minimum atomic E-state index is 0.813. The molecule has 0 fully saturated rings.